The van der Waals surface area contributed by atoms with E-state index in [0.717, 1.165) is 27.7 Å². The van der Waals surface area contributed by atoms with Crippen molar-refractivity contribution in [3.05, 3.63) is 87.0 Å². The zero-order valence-corrected chi connectivity index (χ0v) is 26.0. The van der Waals surface area contributed by atoms with E-state index in [-0.39, 0.29) is 11.1 Å². The Hall–Kier alpha value is -4.85. The van der Waals surface area contributed by atoms with E-state index in [9.17, 15) is 31.9 Å². The lowest BCUT2D eigenvalue weighted by Crippen LogP contribution is -2.36. The maximum atomic E-state index is 14.2. The average molecular weight is 646 g/mol. The molecule has 1 saturated heterocycles. The molecule has 0 saturated carbocycles. The van der Waals surface area contributed by atoms with E-state index in [0.29, 0.717) is 48.9 Å². The molecule has 46 heavy (non-hydrogen) atoms. The van der Waals surface area contributed by atoms with Gasteiger partial charge >= 0.3 is 12.6 Å². The number of amides is 1. The summed E-state index contributed by atoms with van der Waals surface area (Å²) >= 11 is 0. The summed E-state index contributed by atoms with van der Waals surface area (Å²) in [6, 6.07) is 11.0. The van der Waals surface area contributed by atoms with Crippen molar-refractivity contribution in [1.82, 2.24) is 19.9 Å². The molecule has 14 heteroatoms. The second-order valence-corrected chi connectivity index (χ2v) is 10.4. The highest BCUT2D eigenvalue weighted by atomic mass is 19.4. The number of ether oxygens (including phenoxy) is 1. The molecule has 3 heterocycles. The van der Waals surface area contributed by atoms with Gasteiger partial charge in [-0.1, -0.05) is 18.2 Å². The van der Waals surface area contributed by atoms with Crippen LogP contribution >= 0.6 is 0 Å². The number of carboxylic acids is 1. The summed E-state index contributed by atoms with van der Waals surface area (Å²) < 4.78 is 50.0. The van der Waals surface area contributed by atoms with Crippen molar-refractivity contribution >= 4 is 28.5 Å². The molecule has 0 spiro atoms. The molecule has 1 aliphatic rings. The number of benzene rings is 2. The third kappa shape index (κ3) is 8.87. The number of carboxylic acid groups (broad SMARTS) is 1. The van der Waals surface area contributed by atoms with Gasteiger partial charge in [0.05, 0.1) is 35.6 Å². The molecule has 0 atom stereocenters. The third-order valence-corrected chi connectivity index (χ3v) is 7.23. The topological polar surface area (TPSA) is 127 Å². The molecule has 2 N–H and O–H groups in total. The first kappa shape index (κ1) is 35.6. The third-order valence-electron chi connectivity index (χ3n) is 7.23. The van der Waals surface area contributed by atoms with Gasteiger partial charge in [-0.25, -0.2) is 9.37 Å². The summed E-state index contributed by atoms with van der Waals surface area (Å²) in [6.45, 7) is 5.69. The highest BCUT2D eigenvalue weighted by molar-refractivity contribution is 5.98. The molecule has 1 aliphatic heterocycles. The van der Waals surface area contributed by atoms with Crippen LogP contribution in [0.3, 0.4) is 0 Å². The molecule has 2 aromatic heterocycles. The molecule has 1 fully saturated rings. The number of fused-ring (bicyclic) bond motifs is 1. The molecule has 0 radical (unpaired) electrons. The Morgan fingerprint density at radius 3 is 2.30 bits per heavy atom. The number of aromatic nitrogens is 3. The molecule has 1 amide bonds. The van der Waals surface area contributed by atoms with Gasteiger partial charge < -0.3 is 20.1 Å². The van der Waals surface area contributed by atoms with Crippen LogP contribution in [0.4, 0.5) is 23.2 Å². The minimum atomic E-state index is -3.67. The predicted molar refractivity (Wildman–Crippen MR) is 166 cm³/mol. The van der Waals surface area contributed by atoms with Gasteiger partial charge in [0.1, 0.15) is 18.2 Å². The number of rotatable bonds is 5. The van der Waals surface area contributed by atoms with Gasteiger partial charge in [0.25, 0.3) is 11.5 Å². The zero-order valence-electron chi connectivity index (χ0n) is 26.0. The Morgan fingerprint density at radius 2 is 1.70 bits per heavy atom. The number of anilines is 1. The molecule has 0 aliphatic carbocycles. The first-order valence-corrected chi connectivity index (χ1v) is 14.2. The quantitative estimate of drug-likeness (QED) is 0.294. The number of aryl methyl sites for hydroxylation is 4. The summed E-state index contributed by atoms with van der Waals surface area (Å²) in [7, 11) is 1.75. The molecular weight excluding hydrogens is 610 g/mol. The number of hydrogen-bond donors (Lipinski definition) is 2. The van der Waals surface area contributed by atoms with Crippen LogP contribution in [-0.2, 0) is 16.6 Å². The summed E-state index contributed by atoms with van der Waals surface area (Å²) in [5, 5.41) is 11.8. The minimum Gasteiger partial charge on any atom is -0.480 e. The number of alkyl halides is 3. The van der Waals surface area contributed by atoms with Crippen LogP contribution in [0.1, 0.15) is 33.0 Å². The molecule has 246 valence electrons. The lowest BCUT2D eigenvalue weighted by Gasteiger charge is -2.29. The Morgan fingerprint density at radius 1 is 1.04 bits per heavy atom. The fraction of sp³-hybridized carbons (Fsp3) is 0.344. The highest BCUT2D eigenvalue weighted by Crippen LogP contribution is 2.28. The number of carbonyl (C=O) groups is 2. The van der Waals surface area contributed by atoms with Crippen molar-refractivity contribution in [2.24, 2.45) is 7.05 Å². The van der Waals surface area contributed by atoms with Crippen molar-refractivity contribution in [3.63, 3.8) is 0 Å². The van der Waals surface area contributed by atoms with Crippen molar-refractivity contribution in [2.45, 2.75) is 34.4 Å². The van der Waals surface area contributed by atoms with Gasteiger partial charge in [-0.15, -0.1) is 0 Å². The lowest BCUT2D eigenvalue weighted by molar-refractivity contribution is -0.135. The fourth-order valence-corrected chi connectivity index (χ4v) is 4.93. The van der Waals surface area contributed by atoms with Gasteiger partial charge in [-0.05, 0) is 57.0 Å². The van der Waals surface area contributed by atoms with Crippen LogP contribution in [0.15, 0.2) is 47.4 Å². The maximum absolute atomic E-state index is 14.2. The Labute approximate surface area is 262 Å². The summed E-state index contributed by atoms with van der Waals surface area (Å²) in [5.74, 6) is -1.84. The van der Waals surface area contributed by atoms with Crippen LogP contribution in [0.25, 0.3) is 22.0 Å². The number of pyridine rings is 1. The Kier molecular flexibility index (Phi) is 12.3. The summed E-state index contributed by atoms with van der Waals surface area (Å²) in [5.41, 5.74) is 5.24. The molecule has 2 aromatic carbocycles. The lowest BCUT2D eigenvalue weighted by atomic mass is 9.99. The van der Waals surface area contributed by atoms with Gasteiger partial charge in [0, 0.05) is 43.0 Å². The van der Waals surface area contributed by atoms with Gasteiger partial charge in [-0.3, -0.25) is 23.9 Å². The second kappa shape index (κ2) is 15.9. The predicted octanol–water partition coefficient (Wildman–Crippen LogP) is 4.88. The number of carbonyl (C=O) groups excluding carboxylic acids is 1. The van der Waals surface area contributed by atoms with E-state index in [1.807, 2.05) is 49.9 Å². The number of morpholine rings is 1. The number of hydrogen-bond acceptors (Lipinski definition) is 7. The number of nitrogens with zero attached hydrogens (tertiary/aromatic N) is 4. The zero-order chi connectivity index (χ0) is 34.1. The smallest absolute Gasteiger partial charge is 0.379 e. The van der Waals surface area contributed by atoms with Crippen LogP contribution in [0.5, 0.6) is 0 Å². The monoisotopic (exact) mass is 645 g/mol. The van der Waals surface area contributed by atoms with Gasteiger partial charge in [0.15, 0.2) is 0 Å². The van der Waals surface area contributed by atoms with E-state index < -0.39 is 30.9 Å². The Balaban J connectivity index is 0.000000225. The van der Waals surface area contributed by atoms with Crippen LogP contribution < -0.4 is 15.8 Å². The van der Waals surface area contributed by atoms with Crippen molar-refractivity contribution in [2.75, 3.05) is 37.7 Å². The van der Waals surface area contributed by atoms with E-state index in [4.69, 9.17) is 9.84 Å². The standard InChI is InChI=1S/C17H17N3O.C14H17FN2O4.CHF3/c1-10-7-8-14(16-13(10)6-5-9-18-16)15-11(2)19-12(3)20(4)17(15)21;1-9-6-10(17-2-4-21-5-3-17)7-11(15)13(9)14(20)16-8-12(18)19;2-1(3)4/h5-9H,1-4H3;6-7H,2-5,8H2,1H3,(H,16,20)(H,18,19);1H. The molecule has 0 unspecified atom stereocenters. The molecule has 10 nitrogen and oxygen atoms in total. The SMILES string of the molecule is Cc1cc(N2CCOCC2)cc(F)c1C(=O)NCC(=O)O.Cc1nc(C)n(C)c(=O)c1-c1ccc(C)c2cccnc12.FC(F)F. The van der Waals surface area contributed by atoms with E-state index in [2.05, 4.69) is 15.3 Å². The summed E-state index contributed by atoms with van der Waals surface area (Å²) in [4.78, 5) is 45.8. The highest BCUT2D eigenvalue weighted by Gasteiger charge is 2.20. The van der Waals surface area contributed by atoms with Crippen molar-refractivity contribution in [3.8, 4) is 11.1 Å². The average Bonchev–Trinajstić information content (AvgIpc) is 3.00. The summed E-state index contributed by atoms with van der Waals surface area (Å²) in [6.07, 6.45) is 1.76. The maximum Gasteiger partial charge on any atom is 0.379 e. The normalized spacial score (nSPS) is 12.6. The van der Waals surface area contributed by atoms with Crippen molar-refractivity contribution in [1.29, 1.82) is 0 Å². The van der Waals surface area contributed by atoms with Crippen LogP contribution in [-0.4, -0.2) is 71.0 Å². The number of nitrogens with one attached hydrogen (secondary N) is 1. The Bertz CT molecular complexity index is 1750. The molecule has 4 aromatic rings. The number of halogens is 4. The number of aliphatic carboxylic acids is 1. The van der Waals surface area contributed by atoms with E-state index >= 15 is 0 Å². The molecule has 0 bridgehead atoms. The van der Waals surface area contributed by atoms with E-state index in [1.54, 1.807) is 30.8 Å². The van der Waals surface area contributed by atoms with Crippen LogP contribution in [0.2, 0.25) is 0 Å². The van der Waals surface area contributed by atoms with E-state index in [1.165, 1.54) is 6.07 Å². The molecule has 5 rings (SSSR count). The van der Waals surface area contributed by atoms with Crippen LogP contribution in [0, 0.1) is 33.5 Å². The van der Waals surface area contributed by atoms with Gasteiger partial charge in [0.2, 0.25) is 0 Å². The van der Waals surface area contributed by atoms with Gasteiger partial charge in [-0.2, -0.15) is 13.2 Å². The molecular formula is C32H35F4N5O5. The largest absolute Gasteiger partial charge is 0.480 e. The fourth-order valence-electron chi connectivity index (χ4n) is 4.93. The second-order valence-electron chi connectivity index (χ2n) is 10.4. The first-order valence-electron chi connectivity index (χ1n) is 14.2. The van der Waals surface area contributed by atoms with Crippen molar-refractivity contribution < 1.29 is 37.0 Å². The minimum absolute atomic E-state index is 0.0317. The first-order chi connectivity index (χ1) is 21.7.